The molecule has 0 spiro atoms. The number of carbonyl (C=O) groups excluding carboxylic acids is 2. The van der Waals surface area contributed by atoms with E-state index in [-0.39, 0.29) is 36.5 Å². The molecule has 2 atom stereocenters. The van der Waals surface area contributed by atoms with Crippen molar-refractivity contribution in [3.63, 3.8) is 0 Å². The Morgan fingerprint density at radius 2 is 1.67 bits per heavy atom. The molecule has 3 aliphatic rings. The number of nitrogens with zero attached hydrogens (tertiary/aromatic N) is 7. The minimum Gasteiger partial charge on any atom is -0.447 e. The van der Waals surface area contributed by atoms with Gasteiger partial charge in [-0.3, -0.25) is 4.98 Å². The number of pyridine rings is 1. The largest absolute Gasteiger partial charge is 0.447 e. The van der Waals surface area contributed by atoms with Gasteiger partial charge >= 0.3 is 12.1 Å². The third-order valence-corrected chi connectivity index (χ3v) is 8.50. The highest BCUT2D eigenvalue weighted by Gasteiger charge is 2.36. The van der Waals surface area contributed by atoms with Crippen molar-refractivity contribution in [1.29, 1.82) is 0 Å². The van der Waals surface area contributed by atoms with Crippen LogP contribution < -0.4 is 15.5 Å². The first-order valence-corrected chi connectivity index (χ1v) is 15.6. The van der Waals surface area contributed by atoms with Crippen LogP contribution in [0.2, 0.25) is 0 Å². The number of amides is 3. The lowest BCUT2D eigenvalue weighted by Crippen LogP contribution is -2.43. The summed E-state index contributed by atoms with van der Waals surface area (Å²) in [7, 11) is 0. The molecule has 4 aromatic rings. The van der Waals surface area contributed by atoms with Crippen molar-refractivity contribution in [1.82, 2.24) is 29.6 Å². The van der Waals surface area contributed by atoms with Gasteiger partial charge in [-0.15, -0.1) is 0 Å². The molecule has 3 fully saturated rings. The molecule has 2 bridgehead atoms. The zero-order chi connectivity index (χ0) is 30.9. The van der Waals surface area contributed by atoms with Crippen molar-refractivity contribution in [2.45, 2.75) is 63.9 Å². The maximum Gasteiger partial charge on any atom is 0.410 e. The van der Waals surface area contributed by atoms with Gasteiger partial charge in [0.15, 0.2) is 11.5 Å². The van der Waals surface area contributed by atoms with Gasteiger partial charge in [-0.1, -0.05) is 0 Å². The lowest BCUT2D eigenvalue weighted by atomic mass is 10.1. The number of urea groups is 1. The molecular formula is C32H37N9O4. The summed E-state index contributed by atoms with van der Waals surface area (Å²) in [4.78, 5) is 43.2. The highest BCUT2D eigenvalue weighted by molar-refractivity contribution is 5.99. The summed E-state index contributed by atoms with van der Waals surface area (Å²) in [6.07, 6.45) is 8.71. The fourth-order valence-electron chi connectivity index (χ4n) is 6.34. The Hall–Kier alpha value is -4.78. The lowest BCUT2D eigenvalue weighted by molar-refractivity contribution is 0.0303. The van der Waals surface area contributed by atoms with E-state index in [1.807, 2.05) is 49.0 Å². The van der Waals surface area contributed by atoms with E-state index in [4.69, 9.17) is 24.5 Å². The van der Waals surface area contributed by atoms with Crippen LogP contribution >= 0.6 is 0 Å². The summed E-state index contributed by atoms with van der Waals surface area (Å²) in [5.74, 6) is 1.44. The molecule has 45 heavy (non-hydrogen) atoms. The zero-order valence-electron chi connectivity index (χ0n) is 25.4. The number of likely N-dealkylation sites (tertiary alicyclic amines) is 1. The number of piperidine rings is 1. The number of morpholine rings is 1. The first-order chi connectivity index (χ1) is 21.9. The molecule has 3 aliphatic heterocycles. The Labute approximate surface area is 260 Å². The van der Waals surface area contributed by atoms with Crippen LogP contribution in [0.4, 0.5) is 26.8 Å². The lowest BCUT2D eigenvalue weighted by Gasteiger charge is -2.33. The van der Waals surface area contributed by atoms with Crippen LogP contribution in [0, 0.1) is 0 Å². The monoisotopic (exact) mass is 611 g/mol. The number of anilines is 3. The summed E-state index contributed by atoms with van der Waals surface area (Å²) in [6, 6.07) is 10.8. The van der Waals surface area contributed by atoms with Gasteiger partial charge in [0.2, 0.25) is 0 Å². The van der Waals surface area contributed by atoms with Crippen LogP contribution in [0.15, 0.2) is 55.0 Å². The smallest absolute Gasteiger partial charge is 0.410 e. The number of carbonyl (C=O) groups is 2. The molecule has 7 rings (SSSR count). The number of aromatic nitrogens is 5. The molecule has 2 unspecified atom stereocenters. The van der Waals surface area contributed by atoms with E-state index in [1.54, 1.807) is 29.4 Å². The quantitative estimate of drug-likeness (QED) is 0.305. The van der Waals surface area contributed by atoms with E-state index in [1.165, 1.54) is 0 Å². The number of ether oxygens (including phenoxy) is 2. The standard InChI is InChI=1S/C32H37N9O4/c1-20(2)44-32(43)39-14-11-24(12-15-39)41-30-27(17-34-41)29(40-18-25-9-10-26(19-40)45-25)37-28(38-30)21-5-7-22(8-6-21)35-31(42)36-23-4-3-13-33-16-23/h3-8,13,16-17,20,24-26H,9-12,14-15,18-19H2,1-2H3,(H2,35,36,42). The number of rotatable bonds is 6. The number of benzene rings is 1. The van der Waals surface area contributed by atoms with Gasteiger partial charge in [-0.2, -0.15) is 5.10 Å². The zero-order valence-corrected chi connectivity index (χ0v) is 25.4. The van der Waals surface area contributed by atoms with Gasteiger partial charge in [0.25, 0.3) is 0 Å². The van der Waals surface area contributed by atoms with Crippen molar-refractivity contribution in [2.75, 3.05) is 41.7 Å². The Kier molecular flexibility index (Phi) is 7.92. The topological polar surface area (TPSA) is 140 Å². The molecule has 3 saturated heterocycles. The third-order valence-electron chi connectivity index (χ3n) is 8.50. The summed E-state index contributed by atoms with van der Waals surface area (Å²) in [5, 5.41) is 11.4. The number of fused-ring (bicyclic) bond motifs is 3. The third kappa shape index (κ3) is 6.25. The Balaban J connectivity index is 1.16. The summed E-state index contributed by atoms with van der Waals surface area (Å²) in [5.41, 5.74) is 2.84. The van der Waals surface area contributed by atoms with Crippen molar-refractivity contribution in [3.8, 4) is 11.4 Å². The Bertz CT molecular complexity index is 1660. The van der Waals surface area contributed by atoms with E-state index in [0.717, 1.165) is 61.2 Å². The van der Waals surface area contributed by atoms with Crippen molar-refractivity contribution < 1.29 is 19.1 Å². The Morgan fingerprint density at radius 3 is 2.36 bits per heavy atom. The molecule has 6 heterocycles. The second kappa shape index (κ2) is 12.3. The van der Waals surface area contributed by atoms with E-state index in [2.05, 4.69) is 20.5 Å². The van der Waals surface area contributed by atoms with Gasteiger partial charge < -0.3 is 29.9 Å². The summed E-state index contributed by atoms with van der Waals surface area (Å²) >= 11 is 0. The Morgan fingerprint density at radius 1 is 0.933 bits per heavy atom. The van der Waals surface area contributed by atoms with Crippen LogP contribution in [-0.2, 0) is 9.47 Å². The number of hydrogen-bond acceptors (Lipinski definition) is 9. The van der Waals surface area contributed by atoms with Crippen molar-refractivity contribution >= 4 is 40.4 Å². The van der Waals surface area contributed by atoms with E-state index < -0.39 is 0 Å². The molecule has 234 valence electrons. The van der Waals surface area contributed by atoms with Crippen LogP contribution in [0.5, 0.6) is 0 Å². The summed E-state index contributed by atoms with van der Waals surface area (Å²) < 4.78 is 13.5. The first-order valence-electron chi connectivity index (χ1n) is 15.6. The SMILES string of the molecule is CC(C)OC(=O)N1CCC(n2ncc3c(N4CC5CCC(C4)O5)nc(-c4ccc(NC(=O)Nc5cccnc5)cc4)nc32)CC1. The number of nitrogens with one attached hydrogen (secondary N) is 2. The highest BCUT2D eigenvalue weighted by Crippen LogP contribution is 2.35. The van der Waals surface area contributed by atoms with Crippen LogP contribution in [0.3, 0.4) is 0 Å². The van der Waals surface area contributed by atoms with Gasteiger partial charge in [-0.05, 0) is 75.9 Å². The molecule has 0 radical (unpaired) electrons. The predicted octanol–water partition coefficient (Wildman–Crippen LogP) is 5.08. The minimum atomic E-state index is -0.356. The molecule has 0 aliphatic carbocycles. The van der Waals surface area contributed by atoms with Gasteiger partial charge in [-0.25, -0.2) is 24.2 Å². The van der Waals surface area contributed by atoms with Crippen LogP contribution in [0.25, 0.3) is 22.4 Å². The fourth-order valence-corrected chi connectivity index (χ4v) is 6.34. The maximum absolute atomic E-state index is 12.5. The maximum atomic E-state index is 12.5. The van der Waals surface area contributed by atoms with Gasteiger partial charge in [0.1, 0.15) is 5.82 Å². The van der Waals surface area contributed by atoms with Crippen LogP contribution in [0.1, 0.15) is 45.6 Å². The molecule has 13 heteroatoms. The van der Waals surface area contributed by atoms with Crippen LogP contribution in [-0.4, -0.2) is 86.2 Å². The number of hydrogen-bond donors (Lipinski definition) is 2. The molecular weight excluding hydrogens is 574 g/mol. The first kappa shape index (κ1) is 29.0. The van der Waals surface area contributed by atoms with E-state index in [9.17, 15) is 9.59 Å². The highest BCUT2D eigenvalue weighted by atomic mass is 16.6. The van der Waals surface area contributed by atoms with E-state index >= 15 is 0 Å². The molecule has 3 aromatic heterocycles. The minimum absolute atomic E-state index is 0.0898. The molecule has 2 N–H and O–H groups in total. The average molecular weight is 612 g/mol. The van der Waals surface area contributed by atoms with Crippen molar-refractivity contribution in [3.05, 3.63) is 55.0 Å². The normalized spacial score (nSPS) is 20.1. The second-order valence-corrected chi connectivity index (χ2v) is 12.1. The molecule has 0 saturated carbocycles. The second-order valence-electron chi connectivity index (χ2n) is 12.1. The van der Waals surface area contributed by atoms with Gasteiger partial charge in [0.05, 0.1) is 47.8 Å². The van der Waals surface area contributed by atoms with Gasteiger partial charge in [0, 0.05) is 43.6 Å². The average Bonchev–Trinajstić information content (AvgIpc) is 3.63. The van der Waals surface area contributed by atoms with Crippen molar-refractivity contribution in [2.24, 2.45) is 0 Å². The predicted molar refractivity (Wildman–Crippen MR) is 169 cm³/mol. The molecule has 1 aromatic carbocycles. The fraction of sp³-hybridized carbons (Fsp3) is 0.438. The van der Waals surface area contributed by atoms with E-state index in [0.29, 0.717) is 30.3 Å². The molecule has 3 amide bonds. The molecule has 13 nitrogen and oxygen atoms in total. The summed E-state index contributed by atoms with van der Waals surface area (Å²) in [6.45, 7) is 6.47.